The number of hydrogen-bond acceptors (Lipinski definition) is 6. The number of piperidine rings is 1. The highest BCUT2D eigenvalue weighted by molar-refractivity contribution is 7.89. The summed E-state index contributed by atoms with van der Waals surface area (Å²) >= 11 is 12.4. The van der Waals surface area contributed by atoms with Crippen molar-refractivity contribution in [3.63, 3.8) is 0 Å². The van der Waals surface area contributed by atoms with Gasteiger partial charge in [0.1, 0.15) is 0 Å². The van der Waals surface area contributed by atoms with Gasteiger partial charge in [-0.05, 0) is 24.6 Å². The number of likely N-dealkylation sites (tertiary alicyclic amines) is 1. The summed E-state index contributed by atoms with van der Waals surface area (Å²) in [6.45, 7) is 1.78. The van der Waals surface area contributed by atoms with Crippen LogP contribution in [0.15, 0.2) is 59.4 Å². The predicted octanol–water partition coefficient (Wildman–Crippen LogP) is 3.24. The van der Waals surface area contributed by atoms with E-state index in [-0.39, 0.29) is 18.0 Å². The zero-order valence-electron chi connectivity index (χ0n) is 18.6. The number of halogens is 2. The van der Waals surface area contributed by atoms with Gasteiger partial charge in [0.15, 0.2) is 4.33 Å². The molecule has 4 rings (SSSR count). The summed E-state index contributed by atoms with van der Waals surface area (Å²) in [6.07, 6.45) is 7.10. The Morgan fingerprint density at radius 3 is 2.65 bits per heavy atom. The van der Waals surface area contributed by atoms with Crippen molar-refractivity contribution in [2.24, 2.45) is 10.9 Å². The molecule has 1 aromatic carbocycles. The topological polar surface area (TPSA) is 109 Å². The van der Waals surface area contributed by atoms with E-state index >= 15 is 0 Å². The molecule has 34 heavy (non-hydrogen) atoms. The van der Waals surface area contributed by atoms with E-state index in [0.717, 1.165) is 16.0 Å². The first-order chi connectivity index (χ1) is 16.1. The molecule has 9 nitrogen and oxygen atoms in total. The smallest absolute Gasteiger partial charge is 0.319 e. The lowest BCUT2D eigenvalue weighted by molar-refractivity contribution is 0.149. The largest absolute Gasteiger partial charge is 0.334 e. The second-order valence-electron chi connectivity index (χ2n) is 8.50. The minimum atomic E-state index is -3.43. The summed E-state index contributed by atoms with van der Waals surface area (Å²) in [5, 5.41) is 10.1. The highest BCUT2D eigenvalue weighted by Crippen LogP contribution is 2.33. The summed E-state index contributed by atoms with van der Waals surface area (Å²) in [4.78, 5) is 19.3. The van der Waals surface area contributed by atoms with Crippen LogP contribution in [-0.4, -0.2) is 64.5 Å². The van der Waals surface area contributed by atoms with Crippen LogP contribution in [0.3, 0.4) is 0 Å². The summed E-state index contributed by atoms with van der Waals surface area (Å²) in [7, 11) is -3.43. The lowest BCUT2D eigenvalue weighted by Crippen LogP contribution is -2.52. The van der Waals surface area contributed by atoms with Crippen LogP contribution in [0.25, 0.3) is 0 Å². The van der Waals surface area contributed by atoms with Crippen molar-refractivity contribution < 1.29 is 13.2 Å². The first-order valence-corrected chi connectivity index (χ1v) is 13.4. The SMILES string of the molecule is CS(=O)(=O)n1ccc(CN2CC[C@@H](NC(=O)Nc3ccccc3)[C@H](C3=CCC(Cl)(Cl)C=N3)C2)n1. The molecule has 1 aromatic heterocycles. The number of carbonyl (C=O) groups is 1. The number of alkyl halides is 2. The normalized spacial score (nSPS) is 22.7. The van der Waals surface area contributed by atoms with Gasteiger partial charge in [-0.15, -0.1) is 0 Å². The number of carbonyl (C=O) groups excluding carboxylic acids is 1. The Kier molecular flexibility index (Phi) is 7.32. The number of anilines is 1. The molecular weight excluding hydrogens is 499 g/mol. The van der Waals surface area contributed by atoms with Crippen LogP contribution < -0.4 is 10.6 Å². The van der Waals surface area contributed by atoms with Gasteiger partial charge in [0, 0.05) is 61.8 Å². The second-order valence-corrected chi connectivity index (χ2v) is 11.9. The average molecular weight is 525 g/mol. The van der Waals surface area contributed by atoms with Crippen LogP contribution in [-0.2, 0) is 16.6 Å². The molecule has 2 atom stereocenters. The Hall–Kier alpha value is -2.40. The van der Waals surface area contributed by atoms with Crippen molar-refractivity contribution in [1.29, 1.82) is 0 Å². The summed E-state index contributed by atoms with van der Waals surface area (Å²) in [5.74, 6) is -0.104. The molecule has 0 bridgehead atoms. The van der Waals surface area contributed by atoms with Crippen LogP contribution in [0.2, 0.25) is 0 Å². The van der Waals surface area contributed by atoms with Crippen molar-refractivity contribution >= 4 is 51.2 Å². The highest BCUT2D eigenvalue weighted by atomic mass is 35.5. The molecule has 3 heterocycles. The van der Waals surface area contributed by atoms with E-state index in [1.807, 2.05) is 36.4 Å². The van der Waals surface area contributed by atoms with E-state index in [4.69, 9.17) is 23.2 Å². The van der Waals surface area contributed by atoms with E-state index in [0.29, 0.717) is 43.9 Å². The number of rotatable bonds is 6. The van der Waals surface area contributed by atoms with Gasteiger partial charge in [0.2, 0.25) is 0 Å². The van der Waals surface area contributed by atoms with Crippen LogP contribution in [0.5, 0.6) is 0 Å². The van der Waals surface area contributed by atoms with Crippen molar-refractivity contribution in [3.8, 4) is 0 Å². The molecule has 0 radical (unpaired) electrons. The molecule has 2 aliphatic heterocycles. The molecule has 2 aromatic rings. The van der Waals surface area contributed by atoms with Crippen LogP contribution >= 0.6 is 23.2 Å². The van der Waals surface area contributed by atoms with Gasteiger partial charge in [-0.25, -0.2) is 13.2 Å². The van der Waals surface area contributed by atoms with Gasteiger partial charge < -0.3 is 10.6 Å². The maximum atomic E-state index is 12.7. The fraction of sp³-hybridized carbons (Fsp3) is 0.409. The molecule has 0 spiro atoms. The number of aromatic nitrogens is 2. The minimum absolute atomic E-state index is 0.104. The minimum Gasteiger partial charge on any atom is -0.334 e. The molecule has 2 amide bonds. The number of hydrogen-bond donors (Lipinski definition) is 2. The van der Waals surface area contributed by atoms with E-state index < -0.39 is 14.4 Å². The average Bonchev–Trinajstić information content (AvgIpc) is 3.25. The van der Waals surface area contributed by atoms with E-state index in [2.05, 4.69) is 25.6 Å². The number of nitrogens with one attached hydrogen (secondary N) is 2. The van der Waals surface area contributed by atoms with Gasteiger partial charge >= 0.3 is 6.03 Å². The van der Waals surface area contributed by atoms with Gasteiger partial charge in [-0.1, -0.05) is 47.5 Å². The molecule has 2 N–H and O–H groups in total. The third kappa shape index (κ3) is 6.38. The van der Waals surface area contributed by atoms with Crippen LogP contribution in [0, 0.1) is 5.92 Å². The third-order valence-electron chi connectivity index (χ3n) is 5.76. The molecule has 0 unspecified atom stereocenters. The Bertz CT molecular complexity index is 1200. The van der Waals surface area contributed by atoms with Crippen LogP contribution in [0.1, 0.15) is 18.5 Å². The summed E-state index contributed by atoms with van der Waals surface area (Å²) < 4.78 is 23.4. The van der Waals surface area contributed by atoms with Gasteiger partial charge in [-0.3, -0.25) is 9.89 Å². The maximum absolute atomic E-state index is 12.7. The highest BCUT2D eigenvalue weighted by Gasteiger charge is 2.35. The van der Waals surface area contributed by atoms with Crippen molar-refractivity contribution in [2.45, 2.75) is 29.8 Å². The molecule has 182 valence electrons. The molecule has 1 fully saturated rings. The predicted molar refractivity (Wildman–Crippen MR) is 134 cm³/mol. The van der Waals surface area contributed by atoms with Crippen molar-refractivity contribution in [2.75, 3.05) is 24.7 Å². The zero-order chi connectivity index (χ0) is 24.3. The van der Waals surface area contributed by atoms with Gasteiger partial charge in [0.25, 0.3) is 10.0 Å². The molecule has 12 heteroatoms. The second kappa shape index (κ2) is 10.1. The Labute approximate surface area is 208 Å². The standard InChI is InChI=1S/C22H26Cl2N6O3S/c1-34(32,33)30-12-8-17(28-30)13-29-11-9-20(27-21(31)26-16-5-3-2-4-6-16)18(14-29)19-7-10-22(23,24)15-25-19/h2-8,12,15,18,20H,9-11,13-14H2,1H3,(H2,26,27,31)/t18-,20+/m0/s1. The molecule has 0 saturated carbocycles. The van der Waals surface area contributed by atoms with E-state index in [9.17, 15) is 13.2 Å². The van der Waals surface area contributed by atoms with Gasteiger partial charge in [0.05, 0.1) is 11.9 Å². The van der Waals surface area contributed by atoms with Crippen molar-refractivity contribution in [1.82, 2.24) is 19.4 Å². The third-order valence-corrected chi connectivity index (χ3v) is 7.14. The fourth-order valence-electron chi connectivity index (χ4n) is 4.10. The molecule has 1 saturated heterocycles. The first-order valence-electron chi connectivity index (χ1n) is 10.8. The molecular formula is C22H26Cl2N6O3S. The fourth-order valence-corrected chi connectivity index (χ4v) is 4.88. The van der Waals surface area contributed by atoms with Crippen molar-refractivity contribution in [3.05, 3.63) is 60.1 Å². The van der Waals surface area contributed by atoms with E-state index in [1.54, 1.807) is 6.07 Å². The number of aliphatic imine (C=N–C) groups is 1. The first kappa shape index (κ1) is 24.7. The lowest BCUT2D eigenvalue weighted by Gasteiger charge is -2.39. The Balaban J connectivity index is 1.47. The number of para-hydroxylation sites is 1. The summed E-state index contributed by atoms with van der Waals surface area (Å²) in [5.41, 5.74) is 2.17. The summed E-state index contributed by atoms with van der Waals surface area (Å²) in [6, 6.07) is 10.5. The monoisotopic (exact) mass is 524 g/mol. The Morgan fingerprint density at radius 1 is 1.24 bits per heavy atom. The number of nitrogens with zero attached hydrogens (tertiary/aromatic N) is 4. The number of amides is 2. The lowest BCUT2D eigenvalue weighted by atomic mass is 9.88. The number of allylic oxidation sites excluding steroid dienone is 1. The quantitative estimate of drug-likeness (QED) is 0.563. The Morgan fingerprint density at radius 2 is 2.00 bits per heavy atom. The number of urea groups is 1. The molecule has 2 aliphatic rings. The number of benzene rings is 1. The van der Waals surface area contributed by atoms with Gasteiger partial charge in [-0.2, -0.15) is 9.19 Å². The molecule has 0 aliphatic carbocycles. The van der Waals surface area contributed by atoms with Crippen LogP contribution in [0.4, 0.5) is 10.5 Å². The zero-order valence-corrected chi connectivity index (χ0v) is 20.9. The van der Waals surface area contributed by atoms with E-state index in [1.165, 1.54) is 12.4 Å². The maximum Gasteiger partial charge on any atom is 0.319 e.